The van der Waals surface area contributed by atoms with Gasteiger partial charge in [0.15, 0.2) is 0 Å². The lowest BCUT2D eigenvalue weighted by atomic mass is 10.2. The Hall–Kier alpha value is -1.24. The molecular formula is C16H26O. The standard InChI is InChI=1S/C16H26O/c1-5-8-10-11-13-15(4)17-16(12-7-3)14-9-6-2/h7,11-13H,3-6,8-10,14H2,1-2H3. The van der Waals surface area contributed by atoms with E-state index in [9.17, 15) is 0 Å². The van der Waals surface area contributed by atoms with Crippen molar-refractivity contribution in [3.63, 3.8) is 0 Å². The number of rotatable bonds is 10. The molecule has 0 radical (unpaired) electrons. The maximum absolute atomic E-state index is 5.68. The molecule has 0 aromatic heterocycles. The minimum atomic E-state index is 0.713. The monoisotopic (exact) mass is 234 g/mol. The number of hydrogen-bond acceptors (Lipinski definition) is 1. The van der Waals surface area contributed by atoms with Crippen LogP contribution in [0, 0.1) is 0 Å². The van der Waals surface area contributed by atoms with Crippen LogP contribution >= 0.6 is 0 Å². The molecule has 0 aliphatic rings. The van der Waals surface area contributed by atoms with Crippen LogP contribution in [0.4, 0.5) is 0 Å². The third kappa shape index (κ3) is 9.68. The Morgan fingerprint density at radius 1 is 1.18 bits per heavy atom. The Morgan fingerprint density at radius 2 is 1.88 bits per heavy atom. The van der Waals surface area contributed by atoms with Crippen molar-refractivity contribution in [3.8, 4) is 0 Å². The predicted molar refractivity (Wildman–Crippen MR) is 76.7 cm³/mol. The molecule has 0 N–H and O–H groups in total. The van der Waals surface area contributed by atoms with E-state index in [1.807, 2.05) is 12.2 Å². The van der Waals surface area contributed by atoms with Gasteiger partial charge in [0.2, 0.25) is 0 Å². The first-order chi connectivity index (χ1) is 8.24. The third-order valence-corrected chi connectivity index (χ3v) is 2.37. The van der Waals surface area contributed by atoms with Gasteiger partial charge in [0.1, 0.15) is 11.5 Å². The summed E-state index contributed by atoms with van der Waals surface area (Å²) in [6.07, 6.45) is 14.5. The van der Waals surface area contributed by atoms with Crippen LogP contribution in [0.3, 0.4) is 0 Å². The fourth-order valence-corrected chi connectivity index (χ4v) is 1.39. The summed E-state index contributed by atoms with van der Waals surface area (Å²) in [5.74, 6) is 1.66. The zero-order valence-corrected chi connectivity index (χ0v) is 11.4. The Kier molecular flexibility index (Phi) is 10.4. The molecule has 1 heteroatoms. The maximum Gasteiger partial charge on any atom is 0.119 e. The van der Waals surface area contributed by atoms with Gasteiger partial charge >= 0.3 is 0 Å². The van der Waals surface area contributed by atoms with Gasteiger partial charge in [0.25, 0.3) is 0 Å². The minimum absolute atomic E-state index is 0.713. The van der Waals surface area contributed by atoms with Gasteiger partial charge in [-0.25, -0.2) is 0 Å². The van der Waals surface area contributed by atoms with Crippen molar-refractivity contribution in [1.82, 2.24) is 0 Å². The van der Waals surface area contributed by atoms with E-state index in [1.165, 1.54) is 12.8 Å². The number of hydrogen-bond donors (Lipinski definition) is 0. The highest BCUT2D eigenvalue weighted by molar-refractivity contribution is 5.13. The van der Waals surface area contributed by atoms with Crippen LogP contribution in [0.15, 0.2) is 49.0 Å². The molecule has 17 heavy (non-hydrogen) atoms. The van der Waals surface area contributed by atoms with Crippen molar-refractivity contribution in [1.29, 1.82) is 0 Å². The lowest BCUT2D eigenvalue weighted by Crippen LogP contribution is -1.90. The second kappa shape index (κ2) is 11.3. The molecule has 96 valence electrons. The molecule has 0 unspecified atom stereocenters. The normalized spacial score (nSPS) is 11.8. The van der Waals surface area contributed by atoms with Gasteiger partial charge in [-0.15, -0.1) is 0 Å². The second-order valence-electron chi connectivity index (χ2n) is 4.09. The molecule has 0 spiro atoms. The van der Waals surface area contributed by atoms with E-state index in [2.05, 4.69) is 33.1 Å². The summed E-state index contributed by atoms with van der Waals surface area (Å²) in [6, 6.07) is 0. The molecular weight excluding hydrogens is 208 g/mol. The molecule has 0 aromatic rings. The molecule has 0 aromatic carbocycles. The number of unbranched alkanes of at least 4 members (excludes halogenated alkanes) is 3. The average Bonchev–Trinajstić information content (AvgIpc) is 2.32. The topological polar surface area (TPSA) is 9.23 Å². The highest BCUT2D eigenvalue weighted by Gasteiger charge is 1.98. The van der Waals surface area contributed by atoms with Gasteiger partial charge < -0.3 is 4.74 Å². The SMILES string of the molecule is C=CC=C(CCCC)OC(=C)C=CCCCC. The average molecular weight is 234 g/mol. The lowest BCUT2D eigenvalue weighted by Gasteiger charge is -2.09. The largest absolute Gasteiger partial charge is 0.462 e. The van der Waals surface area contributed by atoms with Crippen LogP contribution in [0.25, 0.3) is 0 Å². The zero-order chi connectivity index (χ0) is 12.9. The molecule has 0 atom stereocenters. The van der Waals surface area contributed by atoms with Crippen LogP contribution in [0.2, 0.25) is 0 Å². The van der Waals surface area contributed by atoms with Crippen molar-refractivity contribution in [3.05, 3.63) is 49.0 Å². The lowest BCUT2D eigenvalue weighted by molar-refractivity contribution is 0.303. The van der Waals surface area contributed by atoms with Gasteiger partial charge in [-0.2, -0.15) is 0 Å². The maximum atomic E-state index is 5.68. The van der Waals surface area contributed by atoms with Crippen LogP contribution in [0.1, 0.15) is 52.4 Å². The summed E-state index contributed by atoms with van der Waals surface area (Å²) < 4.78 is 5.68. The number of allylic oxidation sites excluding steroid dienone is 5. The van der Waals surface area contributed by atoms with E-state index in [0.717, 1.165) is 31.4 Å². The van der Waals surface area contributed by atoms with E-state index in [4.69, 9.17) is 4.74 Å². The van der Waals surface area contributed by atoms with Gasteiger partial charge in [-0.1, -0.05) is 58.4 Å². The zero-order valence-electron chi connectivity index (χ0n) is 11.4. The highest BCUT2D eigenvalue weighted by atomic mass is 16.5. The van der Waals surface area contributed by atoms with Gasteiger partial charge in [-0.05, 0) is 25.0 Å². The summed E-state index contributed by atoms with van der Waals surface area (Å²) in [7, 11) is 0. The smallest absolute Gasteiger partial charge is 0.119 e. The predicted octanol–water partition coefficient (Wildman–Crippen LogP) is 5.52. The highest BCUT2D eigenvalue weighted by Crippen LogP contribution is 2.14. The quantitative estimate of drug-likeness (QED) is 0.274. The van der Waals surface area contributed by atoms with E-state index in [0.29, 0.717) is 5.76 Å². The first-order valence-electron chi connectivity index (χ1n) is 6.59. The van der Waals surface area contributed by atoms with Crippen molar-refractivity contribution in [2.45, 2.75) is 52.4 Å². The van der Waals surface area contributed by atoms with Crippen LogP contribution < -0.4 is 0 Å². The van der Waals surface area contributed by atoms with Gasteiger partial charge in [0.05, 0.1) is 0 Å². The molecule has 0 aliphatic heterocycles. The Bertz CT molecular complexity index is 271. The van der Waals surface area contributed by atoms with Crippen molar-refractivity contribution >= 4 is 0 Å². The molecule has 0 saturated carbocycles. The van der Waals surface area contributed by atoms with E-state index >= 15 is 0 Å². The van der Waals surface area contributed by atoms with Crippen LogP contribution in [0.5, 0.6) is 0 Å². The first-order valence-corrected chi connectivity index (χ1v) is 6.59. The summed E-state index contributed by atoms with van der Waals surface area (Å²) >= 11 is 0. The van der Waals surface area contributed by atoms with Crippen LogP contribution in [-0.2, 0) is 4.74 Å². The number of ether oxygens (including phenoxy) is 1. The van der Waals surface area contributed by atoms with Crippen molar-refractivity contribution < 1.29 is 4.74 Å². The first kappa shape index (κ1) is 15.8. The van der Waals surface area contributed by atoms with Gasteiger partial charge in [0, 0.05) is 6.42 Å². The Morgan fingerprint density at radius 3 is 2.47 bits per heavy atom. The Balaban J connectivity index is 4.07. The summed E-state index contributed by atoms with van der Waals surface area (Å²) in [6.45, 7) is 12.0. The van der Waals surface area contributed by atoms with E-state index in [1.54, 1.807) is 6.08 Å². The second-order valence-corrected chi connectivity index (χ2v) is 4.09. The summed E-state index contributed by atoms with van der Waals surface area (Å²) in [5.41, 5.74) is 0. The van der Waals surface area contributed by atoms with Crippen molar-refractivity contribution in [2.24, 2.45) is 0 Å². The fourth-order valence-electron chi connectivity index (χ4n) is 1.39. The van der Waals surface area contributed by atoms with E-state index < -0.39 is 0 Å². The molecule has 0 rings (SSSR count). The molecule has 0 aliphatic carbocycles. The van der Waals surface area contributed by atoms with Gasteiger partial charge in [-0.3, -0.25) is 0 Å². The molecule has 1 nitrogen and oxygen atoms in total. The Labute approximate surface area is 107 Å². The van der Waals surface area contributed by atoms with E-state index in [-0.39, 0.29) is 0 Å². The summed E-state index contributed by atoms with van der Waals surface area (Å²) in [4.78, 5) is 0. The summed E-state index contributed by atoms with van der Waals surface area (Å²) in [5, 5.41) is 0. The van der Waals surface area contributed by atoms with Crippen LogP contribution in [-0.4, -0.2) is 0 Å². The minimum Gasteiger partial charge on any atom is -0.462 e. The molecule has 0 heterocycles. The molecule has 0 amide bonds. The fraction of sp³-hybridized carbons (Fsp3) is 0.500. The molecule has 0 fully saturated rings. The molecule has 0 saturated heterocycles. The third-order valence-electron chi connectivity index (χ3n) is 2.37. The molecule has 0 bridgehead atoms. The van der Waals surface area contributed by atoms with Crippen molar-refractivity contribution in [2.75, 3.05) is 0 Å².